The first-order valence-electron chi connectivity index (χ1n) is 7.29. The summed E-state index contributed by atoms with van der Waals surface area (Å²) in [4.78, 5) is 13.3. The summed E-state index contributed by atoms with van der Waals surface area (Å²) in [6.45, 7) is 0.729. The van der Waals surface area contributed by atoms with E-state index in [1.807, 2.05) is 0 Å². The summed E-state index contributed by atoms with van der Waals surface area (Å²) in [6, 6.07) is 0. The van der Waals surface area contributed by atoms with Crippen LogP contribution in [-0.4, -0.2) is 61.9 Å². The summed E-state index contributed by atoms with van der Waals surface area (Å²) in [5, 5.41) is 2.78. The van der Waals surface area contributed by atoms with Crippen LogP contribution >= 0.6 is 0 Å². The second kappa shape index (κ2) is 6.93. The highest BCUT2D eigenvalue weighted by molar-refractivity contribution is 5.81. The third kappa shape index (κ3) is 5.12. The largest absolute Gasteiger partial charge is 0.401 e. The third-order valence-corrected chi connectivity index (χ3v) is 4.00. The number of likely N-dealkylation sites (tertiary alicyclic amines) is 1. The summed E-state index contributed by atoms with van der Waals surface area (Å²) in [7, 11) is 0. The number of nitrogens with one attached hydrogen (secondary N) is 1. The summed E-state index contributed by atoms with van der Waals surface area (Å²) in [5.74, 6) is -0.108. The first kappa shape index (κ1) is 16.5. The number of carbonyl (C=O) groups excluding carboxylic acids is 1. The summed E-state index contributed by atoms with van der Waals surface area (Å²) >= 11 is 0. The van der Waals surface area contributed by atoms with Gasteiger partial charge in [0.25, 0.3) is 0 Å². The molecule has 8 heteroatoms. The van der Waals surface area contributed by atoms with Crippen molar-refractivity contribution in [2.24, 2.45) is 11.7 Å². The Morgan fingerprint density at radius 2 is 2.10 bits per heavy atom. The summed E-state index contributed by atoms with van der Waals surface area (Å²) < 4.78 is 42.3. The smallest absolute Gasteiger partial charge is 0.364 e. The van der Waals surface area contributed by atoms with Crippen molar-refractivity contribution >= 4 is 5.91 Å². The number of ether oxygens (including phenoxy) is 1. The van der Waals surface area contributed by atoms with Crippen LogP contribution in [0.25, 0.3) is 0 Å². The zero-order chi connectivity index (χ0) is 15.5. The van der Waals surface area contributed by atoms with E-state index in [1.165, 1.54) is 4.90 Å². The van der Waals surface area contributed by atoms with Crippen LogP contribution in [0, 0.1) is 5.92 Å². The number of alkyl halides is 3. The Bertz CT molecular complexity index is 365. The highest BCUT2D eigenvalue weighted by Gasteiger charge is 2.35. The van der Waals surface area contributed by atoms with Crippen LogP contribution in [0.15, 0.2) is 0 Å². The second-order valence-corrected chi connectivity index (χ2v) is 5.81. The first-order chi connectivity index (χ1) is 9.87. The fraction of sp³-hybridized carbons (Fsp3) is 0.923. The molecule has 2 heterocycles. The molecule has 2 aliphatic rings. The predicted molar refractivity (Wildman–Crippen MR) is 70.6 cm³/mol. The van der Waals surface area contributed by atoms with Gasteiger partial charge in [-0.15, -0.1) is 0 Å². The molecule has 3 N–H and O–H groups in total. The van der Waals surface area contributed by atoms with Gasteiger partial charge in [-0.05, 0) is 31.7 Å². The molecule has 0 aromatic carbocycles. The molecule has 0 bridgehead atoms. The zero-order valence-electron chi connectivity index (χ0n) is 11.9. The SMILES string of the molecule is NC[C@H]1CC[C@@H](C(=O)NCC2CCN(CC(F)(F)F)C2)O1. The van der Waals surface area contributed by atoms with Gasteiger partial charge >= 0.3 is 6.18 Å². The molecule has 1 unspecified atom stereocenters. The topological polar surface area (TPSA) is 67.6 Å². The van der Waals surface area contributed by atoms with Crippen LogP contribution in [-0.2, 0) is 9.53 Å². The fourth-order valence-electron chi connectivity index (χ4n) is 2.91. The van der Waals surface area contributed by atoms with Gasteiger partial charge in [0.1, 0.15) is 6.10 Å². The molecule has 5 nitrogen and oxygen atoms in total. The molecule has 0 aromatic rings. The molecule has 2 saturated heterocycles. The van der Waals surface area contributed by atoms with Gasteiger partial charge in [0, 0.05) is 19.6 Å². The minimum atomic E-state index is -4.16. The van der Waals surface area contributed by atoms with Crippen LogP contribution in [0.2, 0.25) is 0 Å². The van der Waals surface area contributed by atoms with Crippen molar-refractivity contribution in [1.82, 2.24) is 10.2 Å². The van der Waals surface area contributed by atoms with Gasteiger partial charge in [-0.1, -0.05) is 0 Å². The number of rotatable bonds is 5. The zero-order valence-corrected chi connectivity index (χ0v) is 11.9. The molecule has 2 aliphatic heterocycles. The number of hydrogen-bond acceptors (Lipinski definition) is 4. The highest BCUT2D eigenvalue weighted by Crippen LogP contribution is 2.23. The van der Waals surface area contributed by atoms with Crippen LogP contribution in [0.3, 0.4) is 0 Å². The predicted octanol–water partition coefficient (Wildman–Crippen LogP) is 0.493. The van der Waals surface area contributed by atoms with Crippen LogP contribution < -0.4 is 11.1 Å². The number of nitrogens with two attached hydrogens (primary N) is 1. The van der Waals surface area contributed by atoms with E-state index in [4.69, 9.17) is 10.5 Å². The molecule has 2 fully saturated rings. The lowest BCUT2D eigenvalue weighted by Gasteiger charge is -2.18. The van der Waals surface area contributed by atoms with E-state index in [2.05, 4.69) is 5.32 Å². The molecule has 1 amide bonds. The molecule has 0 spiro atoms. The Hall–Kier alpha value is -0.860. The molecular weight excluding hydrogens is 287 g/mol. The molecule has 0 aliphatic carbocycles. The van der Waals surface area contributed by atoms with Gasteiger partial charge in [-0.2, -0.15) is 13.2 Å². The maximum absolute atomic E-state index is 12.3. The third-order valence-electron chi connectivity index (χ3n) is 4.00. The van der Waals surface area contributed by atoms with E-state index >= 15 is 0 Å². The van der Waals surface area contributed by atoms with Crippen LogP contribution in [0.1, 0.15) is 19.3 Å². The van der Waals surface area contributed by atoms with Gasteiger partial charge in [0.05, 0.1) is 12.6 Å². The monoisotopic (exact) mass is 309 g/mol. The van der Waals surface area contributed by atoms with E-state index in [-0.39, 0.29) is 17.9 Å². The lowest BCUT2D eigenvalue weighted by Crippen LogP contribution is -2.39. The number of halogens is 3. The number of nitrogens with zero attached hydrogens (tertiary/aromatic N) is 1. The molecule has 21 heavy (non-hydrogen) atoms. The van der Waals surface area contributed by atoms with Gasteiger partial charge < -0.3 is 15.8 Å². The second-order valence-electron chi connectivity index (χ2n) is 5.81. The molecule has 122 valence electrons. The van der Waals surface area contributed by atoms with E-state index in [1.54, 1.807) is 0 Å². The van der Waals surface area contributed by atoms with Crippen LogP contribution in [0.4, 0.5) is 13.2 Å². The lowest BCUT2D eigenvalue weighted by molar-refractivity contribution is -0.144. The average Bonchev–Trinajstić information content (AvgIpc) is 3.02. The van der Waals surface area contributed by atoms with Gasteiger partial charge in [-0.25, -0.2) is 0 Å². The van der Waals surface area contributed by atoms with Crippen molar-refractivity contribution in [2.45, 2.75) is 37.6 Å². The maximum Gasteiger partial charge on any atom is 0.401 e. The Morgan fingerprint density at radius 3 is 2.71 bits per heavy atom. The summed E-state index contributed by atoms with van der Waals surface area (Å²) in [6.07, 6.45) is -2.59. The maximum atomic E-state index is 12.3. The van der Waals surface area contributed by atoms with Gasteiger partial charge in [0.2, 0.25) is 5.91 Å². The fourth-order valence-corrected chi connectivity index (χ4v) is 2.91. The minimum Gasteiger partial charge on any atom is -0.364 e. The lowest BCUT2D eigenvalue weighted by atomic mass is 10.1. The van der Waals surface area contributed by atoms with Crippen molar-refractivity contribution in [2.75, 3.05) is 32.7 Å². The van der Waals surface area contributed by atoms with E-state index in [0.29, 0.717) is 39.0 Å². The molecule has 0 radical (unpaired) electrons. The molecule has 2 rings (SSSR count). The van der Waals surface area contributed by atoms with Gasteiger partial charge in [0.15, 0.2) is 0 Å². The van der Waals surface area contributed by atoms with E-state index < -0.39 is 18.8 Å². The van der Waals surface area contributed by atoms with Crippen molar-refractivity contribution in [3.63, 3.8) is 0 Å². The Morgan fingerprint density at radius 1 is 1.33 bits per heavy atom. The number of amides is 1. The highest BCUT2D eigenvalue weighted by atomic mass is 19.4. The number of hydrogen-bond donors (Lipinski definition) is 2. The Balaban J connectivity index is 1.66. The Labute approximate surface area is 122 Å². The van der Waals surface area contributed by atoms with Crippen molar-refractivity contribution in [1.29, 1.82) is 0 Å². The normalized spacial score (nSPS) is 30.8. The number of carbonyl (C=O) groups is 1. The molecule has 0 aromatic heterocycles. The Kier molecular flexibility index (Phi) is 5.45. The van der Waals surface area contributed by atoms with Crippen molar-refractivity contribution < 1.29 is 22.7 Å². The van der Waals surface area contributed by atoms with Crippen molar-refractivity contribution in [3.8, 4) is 0 Å². The van der Waals surface area contributed by atoms with E-state index in [9.17, 15) is 18.0 Å². The van der Waals surface area contributed by atoms with Crippen molar-refractivity contribution in [3.05, 3.63) is 0 Å². The average molecular weight is 309 g/mol. The molecule has 3 atom stereocenters. The van der Waals surface area contributed by atoms with Gasteiger partial charge in [-0.3, -0.25) is 9.69 Å². The van der Waals surface area contributed by atoms with Crippen LogP contribution in [0.5, 0.6) is 0 Å². The summed E-state index contributed by atoms with van der Waals surface area (Å²) in [5.41, 5.74) is 5.48. The first-order valence-corrected chi connectivity index (χ1v) is 7.29. The van der Waals surface area contributed by atoms with E-state index in [0.717, 1.165) is 6.42 Å². The molecule has 0 saturated carbocycles. The molecular formula is C13H22F3N3O2. The minimum absolute atomic E-state index is 0.0606. The quantitative estimate of drug-likeness (QED) is 0.776. The standard InChI is InChI=1S/C13H22F3N3O2/c14-13(15,16)8-19-4-3-9(7-19)6-18-12(20)11-2-1-10(5-17)21-11/h9-11H,1-8,17H2,(H,18,20)/t9?,10-,11+/m1/s1.